The van der Waals surface area contributed by atoms with Crippen molar-refractivity contribution in [2.24, 2.45) is 0 Å². The van der Waals surface area contributed by atoms with Gasteiger partial charge in [-0.25, -0.2) is 0 Å². The molecule has 1 unspecified atom stereocenters. The van der Waals surface area contributed by atoms with Crippen LogP contribution in [0.2, 0.25) is 0 Å². The smallest absolute Gasteiger partial charge is 0.0360 e. The minimum atomic E-state index is 0.596. The second-order valence-corrected chi connectivity index (χ2v) is 5.60. The van der Waals surface area contributed by atoms with E-state index in [1.807, 2.05) is 7.05 Å². The van der Waals surface area contributed by atoms with Gasteiger partial charge in [0.25, 0.3) is 0 Å². The van der Waals surface area contributed by atoms with Gasteiger partial charge in [-0.2, -0.15) is 0 Å². The molecule has 0 amide bonds. The molecule has 0 radical (unpaired) electrons. The lowest BCUT2D eigenvalue weighted by atomic mass is 9.97. The topological polar surface area (TPSA) is 15.3 Å². The van der Waals surface area contributed by atoms with Crippen LogP contribution in [0.15, 0.2) is 24.3 Å². The summed E-state index contributed by atoms with van der Waals surface area (Å²) in [6.07, 6.45) is 6.48. The Morgan fingerprint density at radius 2 is 1.79 bits per heavy atom. The van der Waals surface area contributed by atoms with Crippen molar-refractivity contribution in [3.05, 3.63) is 35.4 Å². The zero-order valence-corrected chi connectivity index (χ0v) is 12.5. The zero-order valence-electron chi connectivity index (χ0n) is 12.5. The highest BCUT2D eigenvalue weighted by molar-refractivity contribution is 5.25. The molecule has 1 N–H and O–H groups in total. The van der Waals surface area contributed by atoms with Crippen LogP contribution in [0.3, 0.4) is 0 Å². The summed E-state index contributed by atoms with van der Waals surface area (Å²) in [5.41, 5.74) is 2.93. The van der Waals surface area contributed by atoms with Gasteiger partial charge in [0.05, 0.1) is 0 Å². The van der Waals surface area contributed by atoms with Crippen LogP contribution >= 0.6 is 0 Å². The largest absolute Gasteiger partial charge is 0.320 e. The fraction of sp³-hybridized carbons (Fsp3) is 0.647. The Kier molecular flexibility index (Phi) is 5.87. The Balaban J connectivity index is 2.10. The van der Waals surface area contributed by atoms with Crippen LogP contribution in [0, 0.1) is 0 Å². The Morgan fingerprint density at radius 1 is 1.11 bits per heavy atom. The molecule has 1 saturated heterocycles. The first-order chi connectivity index (χ1) is 9.35. The number of nitrogens with one attached hydrogen (secondary N) is 1. The molecule has 1 heterocycles. The van der Waals surface area contributed by atoms with Gasteiger partial charge in [0.15, 0.2) is 0 Å². The number of hydrogen-bond donors (Lipinski definition) is 1. The molecule has 106 valence electrons. The molecule has 1 aromatic rings. The first-order valence-electron chi connectivity index (χ1n) is 7.82. The van der Waals surface area contributed by atoms with E-state index in [1.165, 1.54) is 49.9 Å². The van der Waals surface area contributed by atoms with Crippen LogP contribution in [-0.4, -0.2) is 31.6 Å². The van der Waals surface area contributed by atoms with Crippen LogP contribution in [0.4, 0.5) is 0 Å². The average molecular weight is 260 g/mol. The van der Waals surface area contributed by atoms with Crippen LogP contribution < -0.4 is 5.32 Å². The maximum atomic E-state index is 3.30. The Bertz CT molecular complexity index is 352. The van der Waals surface area contributed by atoms with Crippen molar-refractivity contribution >= 4 is 0 Å². The molecule has 2 rings (SSSR count). The summed E-state index contributed by atoms with van der Waals surface area (Å²) < 4.78 is 0. The highest BCUT2D eigenvalue weighted by Crippen LogP contribution is 2.27. The zero-order chi connectivity index (χ0) is 13.5. The van der Waals surface area contributed by atoms with Gasteiger partial charge in [-0.3, -0.25) is 4.90 Å². The average Bonchev–Trinajstić information content (AvgIpc) is 2.49. The first kappa shape index (κ1) is 14.5. The molecule has 1 fully saturated rings. The molecule has 1 aliphatic rings. The lowest BCUT2D eigenvalue weighted by Gasteiger charge is -2.35. The summed E-state index contributed by atoms with van der Waals surface area (Å²) in [5, 5.41) is 3.30. The van der Waals surface area contributed by atoms with Crippen molar-refractivity contribution in [3.63, 3.8) is 0 Å². The molecule has 0 aliphatic carbocycles. The molecule has 0 aromatic heterocycles. The normalized spacial score (nSPS) is 18.4. The Labute approximate surface area is 118 Å². The van der Waals surface area contributed by atoms with Crippen molar-refractivity contribution < 1.29 is 0 Å². The summed E-state index contributed by atoms with van der Waals surface area (Å²) in [7, 11) is 2.05. The highest BCUT2D eigenvalue weighted by atomic mass is 15.2. The molecule has 1 atom stereocenters. The van der Waals surface area contributed by atoms with Gasteiger partial charge in [0.1, 0.15) is 0 Å². The van der Waals surface area contributed by atoms with E-state index in [1.54, 1.807) is 0 Å². The number of hydrogen-bond acceptors (Lipinski definition) is 2. The predicted molar refractivity (Wildman–Crippen MR) is 82.5 cm³/mol. The molecule has 2 heteroatoms. The van der Waals surface area contributed by atoms with Crippen molar-refractivity contribution in [3.8, 4) is 0 Å². The summed E-state index contributed by atoms with van der Waals surface area (Å²) in [4.78, 5) is 2.68. The van der Waals surface area contributed by atoms with Crippen molar-refractivity contribution in [2.75, 3.05) is 26.7 Å². The van der Waals surface area contributed by atoms with E-state index in [2.05, 4.69) is 41.4 Å². The maximum Gasteiger partial charge on any atom is 0.0360 e. The maximum absolute atomic E-state index is 3.30. The van der Waals surface area contributed by atoms with E-state index in [0.29, 0.717) is 6.04 Å². The summed E-state index contributed by atoms with van der Waals surface area (Å²) in [5.74, 6) is 0. The third kappa shape index (κ3) is 4.05. The fourth-order valence-corrected chi connectivity index (χ4v) is 3.05. The number of rotatable bonds is 6. The van der Waals surface area contributed by atoms with Gasteiger partial charge in [-0.05, 0) is 63.5 Å². The monoisotopic (exact) mass is 260 g/mol. The number of likely N-dealkylation sites (tertiary alicyclic amines) is 1. The lowest BCUT2D eigenvalue weighted by molar-refractivity contribution is 0.156. The summed E-state index contributed by atoms with van der Waals surface area (Å²) in [6, 6.07) is 9.87. The van der Waals surface area contributed by atoms with Crippen LogP contribution in [-0.2, 0) is 6.42 Å². The third-order valence-corrected chi connectivity index (χ3v) is 4.27. The van der Waals surface area contributed by atoms with Gasteiger partial charge in [-0.1, -0.05) is 37.6 Å². The van der Waals surface area contributed by atoms with E-state index in [0.717, 1.165) is 13.0 Å². The van der Waals surface area contributed by atoms with E-state index >= 15 is 0 Å². The molecule has 1 aromatic carbocycles. The van der Waals surface area contributed by atoms with Crippen molar-refractivity contribution in [1.82, 2.24) is 10.2 Å². The highest BCUT2D eigenvalue weighted by Gasteiger charge is 2.21. The van der Waals surface area contributed by atoms with E-state index in [9.17, 15) is 0 Å². The standard InChI is InChI=1S/C17H28N2/c1-3-15-7-9-16(10-8-15)17(11-12-18-2)19-13-5-4-6-14-19/h7-10,17-18H,3-6,11-14H2,1-2H3. The molecular weight excluding hydrogens is 232 g/mol. The molecule has 0 spiro atoms. The van der Waals surface area contributed by atoms with Gasteiger partial charge in [0, 0.05) is 6.04 Å². The summed E-state index contributed by atoms with van der Waals surface area (Å²) in [6.45, 7) is 5.85. The molecular formula is C17H28N2. The molecule has 0 saturated carbocycles. The Hall–Kier alpha value is -0.860. The quantitative estimate of drug-likeness (QED) is 0.843. The second kappa shape index (κ2) is 7.66. The third-order valence-electron chi connectivity index (χ3n) is 4.27. The lowest BCUT2D eigenvalue weighted by Crippen LogP contribution is -2.35. The number of benzene rings is 1. The molecule has 0 bridgehead atoms. The van der Waals surface area contributed by atoms with Crippen LogP contribution in [0.1, 0.15) is 49.8 Å². The Morgan fingerprint density at radius 3 is 2.37 bits per heavy atom. The number of nitrogens with zero attached hydrogens (tertiary/aromatic N) is 1. The van der Waals surface area contributed by atoms with Crippen molar-refractivity contribution in [1.29, 1.82) is 0 Å². The minimum absolute atomic E-state index is 0.596. The van der Waals surface area contributed by atoms with E-state index in [4.69, 9.17) is 0 Å². The molecule has 19 heavy (non-hydrogen) atoms. The van der Waals surface area contributed by atoms with Gasteiger partial charge in [-0.15, -0.1) is 0 Å². The number of piperidine rings is 1. The van der Waals surface area contributed by atoms with Gasteiger partial charge >= 0.3 is 0 Å². The second-order valence-electron chi connectivity index (χ2n) is 5.60. The van der Waals surface area contributed by atoms with E-state index < -0.39 is 0 Å². The predicted octanol–water partition coefficient (Wildman–Crippen LogP) is 3.39. The van der Waals surface area contributed by atoms with E-state index in [-0.39, 0.29) is 0 Å². The molecule has 2 nitrogen and oxygen atoms in total. The number of aryl methyl sites for hydroxylation is 1. The minimum Gasteiger partial charge on any atom is -0.320 e. The SMILES string of the molecule is CCc1ccc(C(CCNC)N2CCCCC2)cc1. The molecule has 1 aliphatic heterocycles. The summed E-state index contributed by atoms with van der Waals surface area (Å²) >= 11 is 0. The van der Waals surface area contributed by atoms with Crippen molar-refractivity contribution in [2.45, 2.75) is 45.1 Å². The first-order valence-corrected chi connectivity index (χ1v) is 7.82. The van der Waals surface area contributed by atoms with Gasteiger partial charge < -0.3 is 5.32 Å². The fourth-order valence-electron chi connectivity index (χ4n) is 3.05. The van der Waals surface area contributed by atoms with Crippen LogP contribution in [0.5, 0.6) is 0 Å². The van der Waals surface area contributed by atoms with Crippen LogP contribution in [0.25, 0.3) is 0 Å². The van der Waals surface area contributed by atoms with Gasteiger partial charge in [0.2, 0.25) is 0 Å².